The van der Waals surface area contributed by atoms with Crippen LogP contribution >= 0.6 is 12.2 Å². The first-order valence-corrected chi connectivity index (χ1v) is 12.7. The summed E-state index contributed by atoms with van der Waals surface area (Å²) in [4.78, 5) is 29.1. The van der Waals surface area contributed by atoms with Crippen LogP contribution in [0, 0.1) is 23.0 Å². The molecule has 0 radical (unpaired) electrons. The Morgan fingerprint density at radius 2 is 1.88 bits per heavy atom. The predicted octanol–water partition coefficient (Wildman–Crippen LogP) is 4.95. The fraction of sp³-hybridized carbons (Fsp3) is 0.407. The molecule has 2 aromatic rings. The van der Waals surface area contributed by atoms with Crippen molar-refractivity contribution < 1.29 is 36.3 Å². The van der Waals surface area contributed by atoms with E-state index in [-0.39, 0.29) is 35.7 Å². The molecule has 2 aliphatic heterocycles. The SMILES string of the molecule is COC1CN(C(=O)CCCc2ccc(N3C(=S)N(c4ccc(C#N)c(C(F)(F)F)c4F)C(=O)C3(C)C)cc2F)C1. The van der Waals surface area contributed by atoms with Crippen molar-refractivity contribution >= 4 is 40.5 Å². The molecule has 212 valence electrons. The number of methoxy groups -OCH3 is 1. The molecule has 2 saturated heterocycles. The molecule has 0 atom stereocenters. The number of amides is 2. The smallest absolute Gasteiger partial charge is 0.378 e. The van der Waals surface area contributed by atoms with Gasteiger partial charge in [-0.2, -0.15) is 18.4 Å². The van der Waals surface area contributed by atoms with Crippen molar-refractivity contribution in [3.05, 3.63) is 58.7 Å². The molecule has 0 aromatic heterocycles. The van der Waals surface area contributed by atoms with E-state index in [1.807, 2.05) is 0 Å². The molecule has 13 heteroatoms. The lowest BCUT2D eigenvalue weighted by Gasteiger charge is -2.38. The third-order valence-electron chi connectivity index (χ3n) is 7.10. The Kier molecular flexibility index (Phi) is 7.88. The molecule has 0 N–H and O–H groups in total. The zero-order valence-electron chi connectivity index (χ0n) is 21.8. The van der Waals surface area contributed by atoms with Crippen molar-refractivity contribution in [1.29, 1.82) is 5.26 Å². The fourth-order valence-electron chi connectivity index (χ4n) is 4.81. The zero-order valence-corrected chi connectivity index (χ0v) is 22.6. The average molecular weight is 581 g/mol. The van der Waals surface area contributed by atoms with Gasteiger partial charge in [-0.05, 0) is 68.7 Å². The van der Waals surface area contributed by atoms with Crippen LogP contribution < -0.4 is 9.80 Å². The number of benzene rings is 2. The first kappa shape index (κ1) is 29.4. The number of hydrogen-bond acceptors (Lipinski definition) is 5. The van der Waals surface area contributed by atoms with E-state index in [2.05, 4.69) is 0 Å². The Morgan fingerprint density at radius 1 is 1.20 bits per heavy atom. The maximum absolute atomic E-state index is 15.2. The van der Waals surface area contributed by atoms with Crippen LogP contribution in [0.1, 0.15) is 43.4 Å². The van der Waals surface area contributed by atoms with Crippen LogP contribution in [0.15, 0.2) is 30.3 Å². The first-order valence-electron chi connectivity index (χ1n) is 12.3. The minimum atomic E-state index is -5.20. The van der Waals surface area contributed by atoms with Gasteiger partial charge in [0.25, 0.3) is 5.91 Å². The highest BCUT2D eigenvalue weighted by atomic mass is 32.1. The molecular formula is C27H25F5N4O3S. The summed E-state index contributed by atoms with van der Waals surface area (Å²) in [5.74, 6) is -3.32. The van der Waals surface area contributed by atoms with Crippen molar-refractivity contribution in [2.45, 2.75) is 50.9 Å². The molecule has 2 amide bonds. The van der Waals surface area contributed by atoms with E-state index in [0.717, 1.165) is 18.2 Å². The lowest BCUT2D eigenvalue weighted by molar-refractivity contribution is -0.143. The summed E-state index contributed by atoms with van der Waals surface area (Å²) in [5, 5.41) is 8.68. The number of anilines is 2. The second kappa shape index (κ2) is 10.7. The summed E-state index contributed by atoms with van der Waals surface area (Å²) in [6.45, 7) is 3.91. The van der Waals surface area contributed by atoms with Gasteiger partial charge in [0.2, 0.25) is 5.91 Å². The lowest BCUT2D eigenvalue weighted by Crippen LogP contribution is -2.54. The van der Waals surface area contributed by atoms with Crippen LogP contribution in [0.4, 0.5) is 33.3 Å². The second-order valence-corrected chi connectivity index (χ2v) is 10.4. The van der Waals surface area contributed by atoms with Crippen molar-refractivity contribution in [1.82, 2.24) is 4.90 Å². The summed E-state index contributed by atoms with van der Waals surface area (Å²) in [7, 11) is 1.58. The van der Waals surface area contributed by atoms with E-state index in [0.29, 0.717) is 30.0 Å². The molecule has 2 aromatic carbocycles. The van der Waals surface area contributed by atoms with Gasteiger partial charge in [-0.25, -0.2) is 8.78 Å². The number of nitriles is 1. The molecule has 0 spiro atoms. The zero-order chi connectivity index (χ0) is 29.6. The van der Waals surface area contributed by atoms with E-state index >= 15 is 8.78 Å². The number of thiocarbonyl (C=S) groups is 1. The largest absolute Gasteiger partial charge is 0.420 e. The fourth-order valence-corrected chi connectivity index (χ4v) is 5.32. The van der Waals surface area contributed by atoms with Gasteiger partial charge in [0.05, 0.1) is 23.4 Å². The van der Waals surface area contributed by atoms with Crippen molar-refractivity contribution in [3.63, 3.8) is 0 Å². The van der Waals surface area contributed by atoms with E-state index in [4.69, 9.17) is 22.2 Å². The number of hydrogen-bond donors (Lipinski definition) is 0. The first-order chi connectivity index (χ1) is 18.7. The Bertz CT molecular complexity index is 1420. The highest BCUT2D eigenvalue weighted by Crippen LogP contribution is 2.42. The highest BCUT2D eigenvalue weighted by Gasteiger charge is 2.52. The van der Waals surface area contributed by atoms with Crippen molar-refractivity contribution in [3.8, 4) is 6.07 Å². The Hall–Kier alpha value is -3.63. The topological polar surface area (TPSA) is 76.9 Å². The molecule has 0 saturated carbocycles. The monoisotopic (exact) mass is 580 g/mol. The van der Waals surface area contributed by atoms with Crippen LogP contribution in [-0.2, 0) is 26.9 Å². The summed E-state index contributed by atoms with van der Waals surface area (Å²) >= 11 is 5.39. The quantitative estimate of drug-likeness (QED) is 0.341. The van der Waals surface area contributed by atoms with Gasteiger partial charge >= 0.3 is 6.18 Å². The van der Waals surface area contributed by atoms with Crippen LogP contribution in [0.3, 0.4) is 0 Å². The summed E-state index contributed by atoms with van der Waals surface area (Å²) in [6.07, 6.45) is -4.24. The summed E-state index contributed by atoms with van der Waals surface area (Å²) < 4.78 is 76.1. The summed E-state index contributed by atoms with van der Waals surface area (Å²) in [5.41, 5.74) is -4.55. The van der Waals surface area contributed by atoms with Crippen LogP contribution in [0.5, 0.6) is 0 Å². The van der Waals surface area contributed by atoms with Gasteiger partial charge in [-0.3, -0.25) is 14.5 Å². The number of carbonyl (C=O) groups excluding carboxylic acids is 2. The maximum Gasteiger partial charge on any atom is 0.420 e. The number of halogens is 5. The van der Waals surface area contributed by atoms with Crippen LogP contribution in [-0.4, -0.2) is 53.7 Å². The van der Waals surface area contributed by atoms with E-state index in [1.165, 1.54) is 36.9 Å². The Labute approximate surface area is 232 Å². The average Bonchev–Trinajstić information content (AvgIpc) is 3.02. The number of likely N-dealkylation sites (tertiary alicyclic amines) is 1. The van der Waals surface area contributed by atoms with E-state index in [9.17, 15) is 22.8 Å². The number of aryl methyl sites for hydroxylation is 1. The number of ether oxygens (including phenoxy) is 1. The standard InChI is InChI=1S/C27H25F5N4O3S/c1-26(2)24(38)35(20-10-8-16(12-33)22(23(20)29)27(30,31)32)25(40)36(26)17-9-7-15(19(28)11-17)5-4-6-21(37)34-13-18(14-34)39-3/h7-11,18H,4-6,13-14H2,1-3H3. The number of carbonyl (C=O) groups is 2. The van der Waals surface area contributed by atoms with Gasteiger partial charge in [-0.15, -0.1) is 0 Å². The molecule has 40 heavy (non-hydrogen) atoms. The molecule has 2 heterocycles. The molecule has 2 fully saturated rings. The minimum absolute atomic E-state index is 0.0396. The number of nitrogens with zero attached hydrogens (tertiary/aromatic N) is 4. The third kappa shape index (κ3) is 5.13. The van der Waals surface area contributed by atoms with Crippen molar-refractivity contribution in [2.24, 2.45) is 0 Å². The molecule has 0 bridgehead atoms. The van der Waals surface area contributed by atoms with Gasteiger partial charge in [0.1, 0.15) is 16.9 Å². The van der Waals surface area contributed by atoms with Crippen LogP contribution in [0.2, 0.25) is 0 Å². The maximum atomic E-state index is 15.2. The van der Waals surface area contributed by atoms with Crippen molar-refractivity contribution in [2.75, 3.05) is 30.0 Å². The molecular weight excluding hydrogens is 555 g/mol. The third-order valence-corrected chi connectivity index (χ3v) is 7.47. The van der Waals surface area contributed by atoms with Gasteiger partial charge < -0.3 is 14.5 Å². The number of rotatable bonds is 7. The predicted molar refractivity (Wildman–Crippen MR) is 139 cm³/mol. The summed E-state index contributed by atoms with van der Waals surface area (Å²) in [6, 6.07) is 7.07. The molecule has 4 rings (SSSR count). The molecule has 2 aliphatic rings. The van der Waals surface area contributed by atoms with E-state index < -0.39 is 46.1 Å². The Morgan fingerprint density at radius 3 is 2.45 bits per heavy atom. The molecule has 7 nitrogen and oxygen atoms in total. The van der Waals surface area contributed by atoms with Gasteiger partial charge in [0, 0.05) is 32.3 Å². The van der Waals surface area contributed by atoms with Crippen LogP contribution in [0.25, 0.3) is 0 Å². The molecule has 0 aliphatic carbocycles. The highest BCUT2D eigenvalue weighted by molar-refractivity contribution is 7.81. The lowest BCUT2D eigenvalue weighted by atomic mass is 10.0. The normalized spacial score (nSPS) is 17.3. The van der Waals surface area contributed by atoms with Gasteiger partial charge in [0.15, 0.2) is 10.9 Å². The van der Waals surface area contributed by atoms with E-state index in [1.54, 1.807) is 12.0 Å². The minimum Gasteiger partial charge on any atom is -0.378 e. The molecule has 0 unspecified atom stereocenters. The van der Waals surface area contributed by atoms with Gasteiger partial charge in [-0.1, -0.05) is 6.07 Å². The Balaban J connectivity index is 1.55. The number of alkyl halides is 3. The second-order valence-electron chi connectivity index (χ2n) is 10.0.